The van der Waals surface area contributed by atoms with Gasteiger partial charge < -0.3 is 9.84 Å². The lowest BCUT2D eigenvalue weighted by Crippen LogP contribution is -1.95. The van der Waals surface area contributed by atoms with Crippen molar-refractivity contribution in [2.75, 3.05) is 7.11 Å². The minimum atomic E-state index is -0.508. The van der Waals surface area contributed by atoms with Gasteiger partial charge in [-0.05, 0) is 18.2 Å². The summed E-state index contributed by atoms with van der Waals surface area (Å²) in [6.45, 7) is -0.351. The SMILES string of the molecule is COc1ccccc1-c1cc(CO)c(F)cn1. The van der Waals surface area contributed by atoms with Crippen molar-refractivity contribution in [2.24, 2.45) is 0 Å². The second-order valence-electron chi connectivity index (χ2n) is 3.52. The van der Waals surface area contributed by atoms with E-state index in [0.29, 0.717) is 11.4 Å². The lowest BCUT2D eigenvalue weighted by atomic mass is 10.1. The van der Waals surface area contributed by atoms with Gasteiger partial charge in [0, 0.05) is 11.1 Å². The molecular weight excluding hydrogens is 221 g/mol. The molecular formula is C13H12FNO2. The number of benzene rings is 1. The van der Waals surface area contributed by atoms with Crippen molar-refractivity contribution >= 4 is 0 Å². The second kappa shape index (κ2) is 4.93. The average molecular weight is 233 g/mol. The zero-order valence-electron chi connectivity index (χ0n) is 9.35. The summed E-state index contributed by atoms with van der Waals surface area (Å²) in [5.41, 5.74) is 1.57. The van der Waals surface area contributed by atoms with E-state index in [9.17, 15) is 4.39 Å². The minimum Gasteiger partial charge on any atom is -0.496 e. The van der Waals surface area contributed by atoms with Crippen molar-refractivity contribution in [1.29, 1.82) is 0 Å². The molecule has 1 N–H and O–H groups in total. The number of hydrogen-bond acceptors (Lipinski definition) is 3. The number of aliphatic hydroxyl groups is 1. The van der Waals surface area contributed by atoms with Gasteiger partial charge in [0.05, 0.1) is 25.6 Å². The Kier molecular flexibility index (Phi) is 3.35. The number of ether oxygens (including phenoxy) is 1. The third-order valence-corrected chi connectivity index (χ3v) is 2.49. The first-order valence-electron chi connectivity index (χ1n) is 5.15. The second-order valence-corrected chi connectivity index (χ2v) is 3.52. The summed E-state index contributed by atoms with van der Waals surface area (Å²) in [7, 11) is 1.56. The van der Waals surface area contributed by atoms with Gasteiger partial charge >= 0.3 is 0 Å². The normalized spacial score (nSPS) is 10.3. The summed E-state index contributed by atoms with van der Waals surface area (Å²) < 4.78 is 18.4. The predicted molar refractivity (Wildman–Crippen MR) is 62.1 cm³/mol. The summed E-state index contributed by atoms with van der Waals surface area (Å²) in [6.07, 6.45) is 1.10. The Morgan fingerprint density at radius 3 is 2.82 bits per heavy atom. The number of hydrogen-bond donors (Lipinski definition) is 1. The predicted octanol–water partition coefficient (Wildman–Crippen LogP) is 2.39. The maximum absolute atomic E-state index is 13.2. The molecule has 2 aromatic rings. The first-order valence-corrected chi connectivity index (χ1v) is 5.15. The van der Waals surface area contributed by atoms with Crippen LogP contribution in [-0.4, -0.2) is 17.2 Å². The molecule has 0 radical (unpaired) electrons. The number of methoxy groups -OCH3 is 1. The number of aliphatic hydroxyl groups excluding tert-OH is 1. The molecule has 0 aliphatic heterocycles. The summed E-state index contributed by atoms with van der Waals surface area (Å²) in [4.78, 5) is 4.00. The summed E-state index contributed by atoms with van der Waals surface area (Å²) in [5, 5.41) is 9.02. The molecule has 2 rings (SSSR count). The molecule has 0 aliphatic rings. The fourth-order valence-corrected chi connectivity index (χ4v) is 1.61. The number of para-hydroxylation sites is 1. The molecule has 0 aliphatic carbocycles. The molecule has 88 valence electrons. The van der Waals surface area contributed by atoms with E-state index in [1.807, 2.05) is 18.2 Å². The van der Waals surface area contributed by atoms with Gasteiger partial charge in [-0.25, -0.2) is 4.39 Å². The summed E-state index contributed by atoms with van der Waals surface area (Å²) >= 11 is 0. The molecule has 0 amide bonds. The largest absolute Gasteiger partial charge is 0.496 e. The van der Waals surface area contributed by atoms with Crippen LogP contribution in [0.25, 0.3) is 11.3 Å². The Bertz CT molecular complexity index is 529. The Balaban J connectivity index is 2.53. The van der Waals surface area contributed by atoms with E-state index in [4.69, 9.17) is 9.84 Å². The number of nitrogens with zero attached hydrogens (tertiary/aromatic N) is 1. The molecule has 0 fully saturated rings. The highest BCUT2D eigenvalue weighted by Gasteiger charge is 2.09. The third kappa shape index (κ3) is 2.26. The maximum atomic E-state index is 13.2. The molecule has 0 unspecified atom stereocenters. The van der Waals surface area contributed by atoms with Gasteiger partial charge in [-0.3, -0.25) is 4.98 Å². The smallest absolute Gasteiger partial charge is 0.147 e. The van der Waals surface area contributed by atoms with E-state index in [1.54, 1.807) is 13.2 Å². The Hall–Kier alpha value is -1.94. The Labute approximate surface area is 98.5 Å². The molecule has 3 nitrogen and oxygen atoms in total. The Morgan fingerprint density at radius 2 is 2.12 bits per heavy atom. The molecule has 17 heavy (non-hydrogen) atoms. The van der Waals surface area contributed by atoms with Crippen LogP contribution < -0.4 is 4.74 Å². The van der Waals surface area contributed by atoms with Gasteiger partial charge in [-0.2, -0.15) is 0 Å². The third-order valence-electron chi connectivity index (χ3n) is 2.49. The van der Waals surface area contributed by atoms with Crippen LogP contribution in [0.15, 0.2) is 36.5 Å². The van der Waals surface area contributed by atoms with Crippen LogP contribution in [0.1, 0.15) is 5.56 Å². The van der Waals surface area contributed by atoms with Crippen LogP contribution in [0, 0.1) is 5.82 Å². The molecule has 0 saturated carbocycles. The minimum absolute atomic E-state index is 0.223. The fourth-order valence-electron chi connectivity index (χ4n) is 1.61. The van der Waals surface area contributed by atoms with Gasteiger partial charge in [0.25, 0.3) is 0 Å². The van der Waals surface area contributed by atoms with Gasteiger partial charge in [-0.15, -0.1) is 0 Å². The van der Waals surface area contributed by atoms with Crippen LogP contribution in [-0.2, 0) is 6.61 Å². The first kappa shape index (κ1) is 11.5. The molecule has 4 heteroatoms. The zero-order chi connectivity index (χ0) is 12.3. The highest BCUT2D eigenvalue weighted by molar-refractivity contribution is 5.67. The van der Waals surface area contributed by atoms with E-state index < -0.39 is 5.82 Å². The number of halogens is 1. The molecule has 0 spiro atoms. The van der Waals surface area contributed by atoms with E-state index in [0.717, 1.165) is 11.8 Å². The van der Waals surface area contributed by atoms with Crippen molar-refractivity contribution in [3.8, 4) is 17.0 Å². The van der Waals surface area contributed by atoms with Crippen molar-refractivity contribution in [3.05, 3.63) is 47.9 Å². The van der Waals surface area contributed by atoms with Crippen LogP contribution >= 0.6 is 0 Å². The van der Waals surface area contributed by atoms with Gasteiger partial charge in [-0.1, -0.05) is 12.1 Å². The zero-order valence-corrected chi connectivity index (χ0v) is 9.35. The molecule has 1 heterocycles. The van der Waals surface area contributed by atoms with Crippen molar-refractivity contribution in [2.45, 2.75) is 6.61 Å². The van der Waals surface area contributed by atoms with Crippen molar-refractivity contribution in [3.63, 3.8) is 0 Å². The fraction of sp³-hybridized carbons (Fsp3) is 0.154. The van der Waals surface area contributed by atoms with E-state index in [2.05, 4.69) is 4.98 Å². The van der Waals surface area contributed by atoms with Crippen LogP contribution in [0.5, 0.6) is 5.75 Å². The van der Waals surface area contributed by atoms with Crippen molar-refractivity contribution in [1.82, 2.24) is 4.98 Å². The number of pyridine rings is 1. The summed E-state index contributed by atoms with van der Waals surface area (Å²) in [5.74, 6) is 0.154. The van der Waals surface area contributed by atoms with E-state index in [-0.39, 0.29) is 12.2 Å². The number of aromatic nitrogens is 1. The summed E-state index contributed by atoms with van der Waals surface area (Å²) in [6, 6.07) is 8.85. The molecule has 0 saturated heterocycles. The Morgan fingerprint density at radius 1 is 1.35 bits per heavy atom. The lowest BCUT2D eigenvalue weighted by Gasteiger charge is -2.08. The molecule has 1 aromatic carbocycles. The lowest BCUT2D eigenvalue weighted by molar-refractivity contribution is 0.275. The first-order chi connectivity index (χ1) is 8.26. The topological polar surface area (TPSA) is 42.4 Å². The number of rotatable bonds is 3. The van der Waals surface area contributed by atoms with Crippen LogP contribution in [0.2, 0.25) is 0 Å². The maximum Gasteiger partial charge on any atom is 0.147 e. The molecule has 0 bridgehead atoms. The molecule has 0 atom stereocenters. The van der Waals surface area contributed by atoms with E-state index >= 15 is 0 Å². The van der Waals surface area contributed by atoms with Crippen LogP contribution in [0.3, 0.4) is 0 Å². The van der Waals surface area contributed by atoms with E-state index in [1.165, 1.54) is 6.07 Å². The van der Waals surface area contributed by atoms with Gasteiger partial charge in [0.15, 0.2) is 0 Å². The van der Waals surface area contributed by atoms with Gasteiger partial charge in [0.2, 0.25) is 0 Å². The monoisotopic (exact) mass is 233 g/mol. The average Bonchev–Trinajstić information content (AvgIpc) is 2.39. The molecule has 1 aromatic heterocycles. The highest BCUT2D eigenvalue weighted by atomic mass is 19.1. The standard InChI is InChI=1S/C13H12FNO2/c1-17-13-5-3-2-4-10(13)12-6-9(8-16)11(14)7-15-12/h2-7,16H,8H2,1H3. The van der Waals surface area contributed by atoms with Crippen molar-refractivity contribution < 1.29 is 14.2 Å². The van der Waals surface area contributed by atoms with Crippen LogP contribution in [0.4, 0.5) is 4.39 Å². The quantitative estimate of drug-likeness (QED) is 0.885. The van der Waals surface area contributed by atoms with Gasteiger partial charge in [0.1, 0.15) is 11.6 Å². The highest BCUT2D eigenvalue weighted by Crippen LogP contribution is 2.28.